The van der Waals surface area contributed by atoms with Gasteiger partial charge in [0.25, 0.3) is 11.5 Å². The predicted molar refractivity (Wildman–Crippen MR) is 108 cm³/mol. The van der Waals surface area contributed by atoms with E-state index in [9.17, 15) is 27.6 Å². The normalized spacial score (nSPS) is 14.7. The number of aromatic nitrogens is 3. The highest BCUT2D eigenvalue weighted by Gasteiger charge is 2.36. The molecule has 2 heterocycles. The van der Waals surface area contributed by atoms with E-state index in [1.54, 1.807) is 4.90 Å². The summed E-state index contributed by atoms with van der Waals surface area (Å²) >= 11 is 0. The molecule has 0 spiro atoms. The highest BCUT2D eigenvalue weighted by atomic mass is 19.4. The summed E-state index contributed by atoms with van der Waals surface area (Å²) in [6.07, 6.45) is -3.05. The fourth-order valence-corrected chi connectivity index (χ4v) is 3.47. The molecule has 8 nitrogen and oxygen atoms in total. The van der Waals surface area contributed by atoms with Gasteiger partial charge in [-0.2, -0.15) is 13.2 Å². The van der Waals surface area contributed by atoms with E-state index >= 15 is 0 Å². The molecule has 1 aromatic carbocycles. The van der Waals surface area contributed by atoms with Crippen molar-refractivity contribution >= 4 is 11.7 Å². The van der Waals surface area contributed by atoms with E-state index in [2.05, 4.69) is 5.10 Å². The van der Waals surface area contributed by atoms with Crippen molar-refractivity contribution in [3.8, 4) is 0 Å². The van der Waals surface area contributed by atoms with Crippen LogP contribution in [0, 0.1) is 0 Å². The van der Waals surface area contributed by atoms with Gasteiger partial charge in [-0.1, -0.05) is 25.5 Å². The van der Waals surface area contributed by atoms with Gasteiger partial charge in [-0.25, -0.2) is 9.48 Å². The first-order valence-corrected chi connectivity index (χ1v) is 10.0. The molecule has 1 aromatic heterocycles. The van der Waals surface area contributed by atoms with Crippen molar-refractivity contribution in [2.24, 2.45) is 7.05 Å². The van der Waals surface area contributed by atoms with Gasteiger partial charge in [-0.15, -0.1) is 5.10 Å². The number of unbranched alkanes of at least 4 members (excludes halogenated alkanes) is 1. The molecule has 1 fully saturated rings. The Kier molecular flexibility index (Phi) is 6.51. The van der Waals surface area contributed by atoms with Gasteiger partial charge in [0.05, 0.1) is 11.1 Å². The molecule has 1 amide bonds. The molecule has 1 aliphatic heterocycles. The van der Waals surface area contributed by atoms with Crippen LogP contribution in [0.25, 0.3) is 0 Å². The number of alkyl halides is 3. The molecule has 3 rings (SSSR count). The monoisotopic (exact) mass is 439 g/mol. The largest absolute Gasteiger partial charge is 0.417 e. The van der Waals surface area contributed by atoms with E-state index in [-0.39, 0.29) is 32.0 Å². The zero-order valence-corrected chi connectivity index (χ0v) is 17.4. The average molecular weight is 439 g/mol. The molecule has 11 heteroatoms. The van der Waals surface area contributed by atoms with Crippen molar-refractivity contribution in [3.05, 3.63) is 56.2 Å². The summed E-state index contributed by atoms with van der Waals surface area (Å²) in [7, 11) is 1.38. The first-order valence-electron chi connectivity index (χ1n) is 10.0. The van der Waals surface area contributed by atoms with Crippen molar-refractivity contribution in [1.29, 1.82) is 0 Å². The van der Waals surface area contributed by atoms with Gasteiger partial charge in [0.1, 0.15) is 0 Å². The second-order valence-corrected chi connectivity index (χ2v) is 7.37. The number of carbonyl (C=O) groups excluding carboxylic acids is 1. The number of hydrogen-bond donors (Lipinski definition) is 0. The molecule has 0 bridgehead atoms. The minimum atomic E-state index is -4.63. The Hall–Kier alpha value is -3.11. The number of carbonyl (C=O) groups is 1. The van der Waals surface area contributed by atoms with E-state index in [1.807, 2.05) is 6.92 Å². The van der Waals surface area contributed by atoms with Gasteiger partial charge in [0.2, 0.25) is 5.82 Å². The van der Waals surface area contributed by atoms with E-state index < -0.39 is 34.5 Å². The van der Waals surface area contributed by atoms with Crippen LogP contribution in [-0.2, 0) is 19.8 Å². The lowest BCUT2D eigenvalue weighted by Gasteiger charge is -2.35. The summed E-state index contributed by atoms with van der Waals surface area (Å²) in [5, 5.41) is 4.21. The molecule has 0 aliphatic carbocycles. The smallest absolute Gasteiger partial charge is 0.347 e. The highest BCUT2D eigenvalue weighted by molar-refractivity contribution is 5.96. The van der Waals surface area contributed by atoms with Crippen LogP contribution >= 0.6 is 0 Å². The van der Waals surface area contributed by atoms with Crippen molar-refractivity contribution in [3.63, 3.8) is 0 Å². The molecule has 0 N–H and O–H groups in total. The molecule has 2 aromatic rings. The summed E-state index contributed by atoms with van der Waals surface area (Å²) in [6.45, 7) is 3.04. The van der Waals surface area contributed by atoms with Crippen molar-refractivity contribution < 1.29 is 18.0 Å². The van der Waals surface area contributed by atoms with Crippen LogP contribution in [0.3, 0.4) is 0 Å². The minimum absolute atomic E-state index is 0.0981. The van der Waals surface area contributed by atoms with E-state index in [0.717, 1.165) is 23.5 Å². The zero-order valence-electron chi connectivity index (χ0n) is 17.4. The molecular weight excluding hydrogens is 415 g/mol. The van der Waals surface area contributed by atoms with Crippen LogP contribution < -0.4 is 16.1 Å². The molecule has 1 saturated heterocycles. The minimum Gasteiger partial charge on any atom is -0.347 e. The van der Waals surface area contributed by atoms with Crippen molar-refractivity contribution in [2.75, 3.05) is 31.1 Å². The van der Waals surface area contributed by atoms with Gasteiger partial charge >= 0.3 is 11.9 Å². The quantitative estimate of drug-likeness (QED) is 0.709. The fourth-order valence-electron chi connectivity index (χ4n) is 3.47. The number of benzene rings is 1. The zero-order chi connectivity index (χ0) is 22.8. The van der Waals surface area contributed by atoms with Crippen LogP contribution in [0.2, 0.25) is 0 Å². The number of halogens is 3. The van der Waals surface area contributed by atoms with Crippen LogP contribution in [-0.4, -0.2) is 51.3 Å². The Labute approximate surface area is 176 Å². The van der Waals surface area contributed by atoms with Crippen LogP contribution in [0.5, 0.6) is 0 Å². The fraction of sp³-hybridized carbons (Fsp3) is 0.500. The Morgan fingerprint density at radius 2 is 1.74 bits per heavy atom. The predicted octanol–water partition coefficient (Wildman–Crippen LogP) is 1.72. The number of rotatable bonds is 5. The third-order valence-corrected chi connectivity index (χ3v) is 5.27. The first kappa shape index (κ1) is 22.6. The number of amides is 1. The lowest BCUT2D eigenvalue weighted by molar-refractivity contribution is -0.138. The van der Waals surface area contributed by atoms with Gasteiger partial charge in [0.15, 0.2) is 0 Å². The van der Waals surface area contributed by atoms with E-state index in [4.69, 9.17) is 0 Å². The molecule has 31 heavy (non-hydrogen) atoms. The number of hydrogen-bond acceptors (Lipinski definition) is 5. The lowest BCUT2D eigenvalue weighted by atomic mass is 10.1. The summed E-state index contributed by atoms with van der Waals surface area (Å²) in [4.78, 5) is 40.5. The second kappa shape index (κ2) is 8.94. The molecule has 0 saturated carbocycles. The number of aryl methyl sites for hydroxylation is 1. The average Bonchev–Trinajstić information content (AvgIpc) is 2.76. The van der Waals surface area contributed by atoms with Gasteiger partial charge < -0.3 is 9.80 Å². The summed E-state index contributed by atoms with van der Waals surface area (Å²) in [5.74, 6) is -0.609. The SMILES string of the molecule is CCCCn1nc(N2CCN(C(=O)c3ccccc3C(F)(F)F)CC2)c(=O)n(C)c1=O. The van der Waals surface area contributed by atoms with Gasteiger partial charge in [-0.3, -0.25) is 14.2 Å². The van der Waals surface area contributed by atoms with Crippen molar-refractivity contribution in [1.82, 2.24) is 19.2 Å². The number of nitrogens with zero attached hydrogens (tertiary/aromatic N) is 5. The molecule has 1 aliphatic rings. The maximum atomic E-state index is 13.2. The van der Waals surface area contributed by atoms with E-state index in [1.165, 1.54) is 34.8 Å². The van der Waals surface area contributed by atoms with Crippen LogP contribution in [0.1, 0.15) is 35.7 Å². The summed E-state index contributed by atoms with van der Waals surface area (Å²) in [6, 6.07) is 4.69. The highest BCUT2D eigenvalue weighted by Crippen LogP contribution is 2.32. The van der Waals surface area contributed by atoms with Crippen LogP contribution in [0.4, 0.5) is 19.0 Å². The molecule has 0 atom stereocenters. The Balaban J connectivity index is 1.79. The third-order valence-electron chi connectivity index (χ3n) is 5.27. The summed E-state index contributed by atoms with van der Waals surface area (Å²) in [5.41, 5.74) is -2.41. The Bertz CT molecular complexity index is 1070. The third kappa shape index (κ3) is 4.64. The van der Waals surface area contributed by atoms with Crippen LogP contribution in [0.15, 0.2) is 33.9 Å². The standard InChI is InChI=1S/C20H24F3N5O3/c1-3-4-9-28-19(31)25(2)18(30)16(24-28)26-10-12-27(13-11-26)17(29)14-7-5-6-8-15(14)20(21,22)23/h5-8H,3-4,9-13H2,1-2H3. The maximum absolute atomic E-state index is 13.2. The van der Waals surface area contributed by atoms with Gasteiger partial charge in [-0.05, 0) is 18.6 Å². The molecule has 0 radical (unpaired) electrons. The molecule has 168 valence electrons. The maximum Gasteiger partial charge on any atom is 0.417 e. The van der Waals surface area contributed by atoms with Gasteiger partial charge in [0, 0.05) is 39.8 Å². The van der Waals surface area contributed by atoms with E-state index in [0.29, 0.717) is 6.54 Å². The second-order valence-electron chi connectivity index (χ2n) is 7.37. The first-order chi connectivity index (χ1) is 14.6. The Morgan fingerprint density at radius 3 is 2.35 bits per heavy atom. The number of piperazine rings is 1. The topological polar surface area (TPSA) is 80.4 Å². The lowest BCUT2D eigenvalue weighted by Crippen LogP contribution is -2.52. The molecule has 0 unspecified atom stereocenters. The van der Waals surface area contributed by atoms with Crippen molar-refractivity contribution in [2.45, 2.75) is 32.5 Å². The number of anilines is 1. The molecular formula is C20H24F3N5O3. The Morgan fingerprint density at radius 1 is 1.10 bits per heavy atom. The summed E-state index contributed by atoms with van der Waals surface area (Å²) < 4.78 is 42.0.